The lowest BCUT2D eigenvalue weighted by atomic mass is 10.5. The third kappa shape index (κ3) is 7.50. The van der Waals surface area contributed by atoms with Crippen LogP contribution in [0.5, 0.6) is 0 Å². The highest BCUT2D eigenvalue weighted by Crippen LogP contribution is 1.78. The van der Waals surface area contributed by atoms with Crippen molar-refractivity contribution in [2.75, 3.05) is 25.6 Å². The summed E-state index contributed by atoms with van der Waals surface area (Å²) in [6.45, 7) is 1.25. The average Bonchev–Trinajstić information content (AvgIpc) is 2.10. The fourth-order valence-electron chi connectivity index (χ4n) is 0.543. The Bertz CT molecular complexity index is 141. The van der Waals surface area contributed by atoms with E-state index < -0.39 is 0 Å². The Hall–Kier alpha value is -0.610. The average molecular weight is 194 g/mol. The van der Waals surface area contributed by atoms with Crippen LogP contribution in [0.1, 0.15) is 6.42 Å². The molecule has 12 heavy (non-hydrogen) atoms. The predicted octanol–water partition coefficient (Wildman–Crippen LogP) is -0.0530. The second-order valence-corrected chi connectivity index (χ2v) is 2.32. The lowest BCUT2D eigenvalue weighted by molar-refractivity contribution is -0.119. The van der Waals surface area contributed by atoms with E-state index in [0.29, 0.717) is 26.2 Å². The van der Waals surface area contributed by atoms with E-state index in [1.165, 1.54) is 0 Å². The van der Waals surface area contributed by atoms with E-state index in [4.69, 9.17) is 16.3 Å². The monoisotopic (exact) mass is 193 g/mol. The maximum Gasteiger partial charge on any atom is 0.235 e. The van der Waals surface area contributed by atoms with Crippen molar-refractivity contribution in [1.82, 2.24) is 5.32 Å². The van der Waals surface area contributed by atoms with Gasteiger partial charge < -0.3 is 14.8 Å². The minimum atomic E-state index is -0.212. The summed E-state index contributed by atoms with van der Waals surface area (Å²) in [6, 6.07) is 0. The second-order valence-electron chi connectivity index (χ2n) is 2.05. The molecule has 0 aromatic rings. The Kier molecular flexibility index (Phi) is 8.05. The van der Waals surface area contributed by atoms with Gasteiger partial charge in [0, 0.05) is 13.0 Å². The van der Waals surface area contributed by atoms with Crippen molar-refractivity contribution < 1.29 is 14.3 Å². The number of carbonyl (C=O) groups is 2. The second kappa shape index (κ2) is 8.49. The van der Waals surface area contributed by atoms with E-state index in [9.17, 15) is 9.59 Å². The maximum atomic E-state index is 10.5. The van der Waals surface area contributed by atoms with Crippen LogP contribution in [0.4, 0.5) is 0 Å². The molecule has 0 atom stereocenters. The topological polar surface area (TPSA) is 55.4 Å². The van der Waals surface area contributed by atoms with E-state index in [1.807, 2.05) is 0 Å². The van der Waals surface area contributed by atoms with E-state index in [1.54, 1.807) is 0 Å². The number of amides is 1. The minimum Gasteiger partial charge on any atom is -0.379 e. The number of rotatable bonds is 7. The zero-order valence-corrected chi connectivity index (χ0v) is 7.47. The summed E-state index contributed by atoms with van der Waals surface area (Å²) in [5.41, 5.74) is 0. The number of aldehydes is 1. The standard InChI is InChI=1S/C7H12ClNO3/c8-6-7(11)9-2-5-12-4-1-3-10/h3H,1-2,4-6H2,(H,9,11). The summed E-state index contributed by atoms with van der Waals surface area (Å²) in [4.78, 5) is 20.4. The highest BCUT2D eigenvalue weighted by molar-refractivity contribution is 6.27. The number of hydrogen-bond acceptors (Lipinski definition) is 3. The van der Waals surface area contributed by atoms with Gasteiger partial charge in [-0.2, -0.15) is 0 Å². The molecule has 4 nitrogen and oxygen atoms in total. The molecule has 70 valence electrons. The van der Waals surface area contributed by atoms with Gasteiger partial charge in [-0.05, 0) is 0 Å². The van der Waals surface area contributed by atoms with Crippen LogP contribution in [-0.4, -0.2) is 37.8 Å². The minimum absolute atomic E-state index is 0.0334. The molecule has 0 aliphatic carbocycles. The highest BCUT2D eigenvalue weighted by atomic mass is 35.5. The quantitative estimate of drug-likeness (QED) is 0.350. The van der Waals surface area contributed by atoms with Crippen LogP contribution < -0.4 is 5.32 Å². The number of carbonyl (C=O) groups excluding carboxylic acids is 2. The number of nitrogens with one attached hydrogen (secondary N) is 1. The van der Waals surface area contributed by atoms with Gasteiger partial charge in [-0.25, -0.2) is 0 Å². The zero-order chi connectivity index (χ0) is 9.23. The lowest BCUT2D eigenvalue weighted by Gasteiger charge is -2.02. The summed E-state index contributed by atoms with van der Waals surface area (Å²) in [6.07, 6.45) is 1.18. The molecule has 1 amide bonds. The first-order chi connectivity index (χ1) is 5.81. The van der Waals surface area contributed by atoms with Gasteiger partial charge in [0.2, 0.25) is 5.91 Å². The molecule has 0 aromatic heterocycles. The molecule has 0 unspecified atom stereocenters. The number of halogens is 1. The first-order valence-corrected chi connectivity index (χ1v) is 4.18. The van der Waals surface area contributed by atoms with Gasteiger partial charge in [0.15, 0.2) is 0 Å². The Morgan fingerprint density at radius 3 is 2.83 bits per heavy atom. The van der Waals surface area contributed by atoms with Crippen molar-refractivity contribution in [3.05, 3.63) is 0 Å². The van der Waals surface area contributed by atoms with Gasteiger partial charge in [0.05, 0.1) is 13.2 Å². The van der Waals surface area contributed by atoms with Gasteiger partial charge in [-0.15, -0.1) is 11.6 Å². The highest BCUT2D eigenvalue weighted by Gasteiger charge is 1.95. The molecular weight excluding hydrogens is 182 g/mol. The van der Waals surface area contributed by atoms with Crippen LogP contribution >= 0.6 is 11.6 Å². The van der Waals surface area contributed by atoms with Crippen LogP contribution in [0.25, 0.3) is 0 Å². The van der Waals surface area contributed by atoms with Crippen molar-refractivity contribution in [3.8, 4) is 0 Å². The molecule has 0 spiro atoms. The molecule has 1 N–H and O–H groups in total. The van der Waals surface area contributed by atoms with E-state index in [0.717, 1.165) is 6.29 Å². The van der Waals surface area contributed by atoms with E-state index in [-0.39, 0.29) is 11.8 Å². The number of ether oxygens (including phenoxy) is 1. The molecule has 0 aromatic carbocycles. The molecule has 0 rings (SSSR count). The predicted molar refractivity (Wildman–Crippen MR) is 45.2 cm³/mol. The molecule has 0 saturated carbocycles. The van der Waals surface area contributed by atoms with Crippen LogP contribution in [0.2, 0.25) is 0 Å². The Labute approximate surface area is 76.2 Å². The van der Waals surface area contributed by atoms with Gasteiger partial charge in [0.25, 0.3) is 0 Å². The molecular formula is C7H12ClNO3. The molecule has 0 heterocycles. The van der Waals surface area contributed by atoms with Crippen molar-refractivity contribution in [3.63, 3.8) is 0 Å². The van der Waals surface area contributed by atoms with E-state index in [2.05, 4.69) is 5.32 Å². The molecule has 0 bridgehead atoms. The molecule has 0 saturated heterocycles. The van der Waals surface area contributed by atoms with Crippen LogP contribution in [-0.2, 0) is 14.3 Å². The Morgan fingerprint density at radius 2 is 2.25 bits per heavy atom. The van der Waals surface area contributed by atoms with Crippen LogP contribution in [0.15, 0.2) is 0 Å². The fraction of sp³-hybridized carbons (Fsp3) is 0.714. The van der Waals surface area contributed by atoms with Gasteiger partial charge in [0.1, 0.15) is 12.2 Å². The van der Waals surface area contributed by atoms with Crippen LogP contribution in [0, 0.1) is 0 Å². The zero-order valence-electron chi connectivity index (χ0n) is 6.72. The SMILES string of the molecule is O=CCCOCCNC(=O)CCl. The summed E-state index contributed by atoms with van der Waals surface area (Å²) in [7, 11) is 0. The van der Waals surface area contributed by atoms with Crippen molar-refractivity contribution >= 4 is 23.8 Å². The first-order valence-electron chi connectivity index (χ1n) is 3.65. The number of hydrogen-bond donors (Lipinski definition) is 1. The fourth-order valence-corrected chi connectivity index (χ4v) is 0.638. The first kappa shape index (κ1) is 11.4. The lowest BCUT2D eigenvalue weighted by Crippen LogP contribution is -2.28. The number of alkyl halides is 1. The Morgan fingerprint density at radius 1 is 1.50 bits per heavy atom. The van der Waals surface area contributed by atoms with Crippen molar-refractivity contribution in [1.29, 1.82) is 0 Å². The molecule has 0 radical (unpaired) electrons. The van der Waals surface area contributed by atoms with Gasteiger partial charge in [-0.1, -0.05) is 0 Å². The molecule has 0 fully saturated rings. The third-order valence-electron chi connectivity index (χ3n) is 1.07. The Balaban J connectivity index is 3.00. The summed E-state index contributed by atoms with van der Waals surface area (Å²) < 4.78 is 4.98. The summed E-state index contributed by atoms with van der Waals surface area (Å²) in [5.74, 6) is -0.246. The third-order valence-corrected chi connectivity index (χ3v) is 1.31. The van der Waals surface area contributed by atoms with Crippen molar-refractivity contribution in [2.45, 2.75) is 6.42 Å². The van der Waals surface area contributed by atoms with Crippen molar-refractivity contribution in [2.24, 2.45) is 0 Å². The maximum absolute atomic E-state index is 10.5. The molecule has 5 heteroatoms. The van der Waals surface area contributed by atoms with Crippen LogP contribution in [0.3, 0.4) is 0 Å². The van der Waals surface area contributed by atoms with Gasteiger partial charge in [-0.3, -0.25) is 4.79 Å². The largest absolute Gasteiger partial charge is 0.379 e. The van der Waals surface area contributed by atoms with E-state index >= 15 is 0 Å². The smallest absolute Gasteiger partial charge is 0.235 e. The molecule has 0 aliphatic rings. The normalized spacial score (nSPS) is 9.42. The summed E-state index contributed by atoms with van der Waals surface area (Å²) >= 11 is 5.22. The summed E-state index contributed by atoms with van der Waals surface area (Å²) in [5, 5.41) is 2.53. The molecule has 0 aliphatic heterocycles. The van der Waals surface area contributed by atoms with Gasteiger partial charge >= 0.3 is 0 Å².